The Morgan fingerprint density at radius 3 is 2.50 bits per heavy atom. The molecule has 1 heterocycles. The number of amides is 2. The number of nitrogens with one attached hydrogen (secondary N) is 1. The Morgan fingerprint density at radius 2 is 1.75 bits per heavy atom. The zero-order valence-electron chi connectivity index (χ0n) is 17.1. The van der Waals surface area contributed by atoms with Gasteiger partial charge < -0.3 is 9.88 Å². The zero-order chi connectivity index (χ0) is 22.7. The minimum atomic E-state index is -0.635. The van der Waals surface area contributed by atoms with E-state index in [2.05, 4.69) is 10.3 Å². The molecule has 2 amide bonds. The van der Waals surface area contributed by atoms with Crippen LogP contribution in [0.1, 0.15) is 28.9 Å². The number of aromatic nitrogens is 1. The Kier molecular flexibility index (Phi) is 6.48. The molecule has 0 fully saturated rings. The van der Waals surface area contributed by atoms with Gasteiger partial charge in [0, 0.05) is 6.54 Å². The van der Waals surface area contributed by atoms with Crippen molar-refractivity contribution in [3.05, 3.63) is 99.6 Å². The molecular weight excluding hydrogens is 449 g/mol. The minimum absolute atomic E-state index is 0.246. The lowest BCUT2D eigenvalue weighted by Gasteiger charge is -2.15. The summed E-state index contributed by atoms with van der Waals surface area (Å²) in [6, 6.07) is 19.6. The van der Waals surface area contributed by atoms with Gasteiger partial charge in [-0.2, -0.15) is 4.99 Å². The van der Waals surface area contributed by atoms with Crippen LogP contribution in [0.3, 0.4) is 0 Å². The SMILES string of the molecule is CC(C(=O)NCc1ccc(F)cc1)n1c(=NC(=O)c2ccccc2Cl)sc2ccccc21. The third kappa shape index (κ3) is 4.64. The van der Waals surface area contributed by atoms with E-state index >= 15 is 0 Å². The molecule has 32 heavy (non-hydrogen) atoms. The Bertz CT molecular complexity index is 1360. The first-order chi connectivity index (χ1) is 15.4. The van der Waals surface area contributed by atoms with Gasteiger partial charge in [0.1, 0.15) is 11.9 Å². The van der Waals surface area contributed by atoms with Crippen LogP contribution in [0.5, 0.6) is 0 Å². The van der Waals surface area contributed by atoms with Crippen molar-refractivity contribution in [1.29, 1.82) is 0 Å². The van der Waals surface area contributed by atoms with E-state index in [-0.39, 0.29) is 18.3 Å². The molecule has 8 heteroatoms. The molecule has 4 aromatic rings. The van der Waals surface area contributed by atoms with Crippen LogP contribution >= 0.6 is 22.9 Å². The number of hydrogen-bond acceptors (Lipinski definition) is 3. The second-order valence-electron chi connectivity index (χ2n) is 7.14. The van der Waals surface area contributed by atoms with Gasteiger partial charge in [-0.15, -0.1) is 0 Å². The molecule has 0 aliphatic carbocycles. The molecule has 0 saturated heterocycles. The molecule has 1 N–H and O–H groups in total. The van der Waals surface area contributed by atoms with Crippen molar-refractivity contribution in [2.45, 2.75) is 19.5 Å². The number of fused-ring (bicyclic) bond motifs is 1. The quantitative estimate of drug-likeness (QED) is 0.443. The summed E-state index contributed by atoms with van der Waals surface area (Å²) >= 11 is 7.48. The number of para-hydroxylation sites is 1. The normalized spacial score (nSPS) is 12.7. The van der Waals surface area contributed by atoms with Crippen LogP contribution in [0, 0.1) is 5.82 Å². The van der Waals surface area contributed by atoms with Gasteiger partial charge in [0.15, 0.2) is 4.80 Å². The first-order valence-electron chi connectivity index (χ1n) is 9.90. The molecule has 162 valence electrons. The monoisotopic (exact) mass is 467 g/mol. The maximum Gasteiger partial charge on any atom is 0.281 e. The average molecular weight is 468 g/mol. The molecule has 1 atom stereocenters. The smallest absolute Gasteiger partial charge is 0.281 e. The Labute approximate surface area is 192 Å². The fourth-order valence-electron chi connectivity index (χ4n) is 3.28. The van der Waals surface area contributed by atoms with Crippen molar-refractivity contribution < 1.29 is 14.0 Å². The van der Waals surface area contributed by atoms with E-state index in [1.54, 1.807) is 47.9 Å². The highest BCUT2D eigenvalue weighted by Crippen LogP contribution is 2.22. The lowest BCUT2D eigenvalue weighted by molar-refractivity contribution is -0.124. The van der Waals surface area contributed by atoms with E-state index in [4.69, 9.17) is 11.6 Å². The van der Waals surface area contributed by atoms with Gasteiger partial charge in [0.25, 0.3) is 5.91 Å². The van der Waals surface area contributed by atoms with Crippen molar-refractivity contribution in [3.8, 4) is 0 Å². The summed E-state index contributed by atoms with van der Waals surface area (Å²) in [5.74, 6) is -1.05. The summed E-state index contributed by atoms with van der Waals surface area (Å²) in [7, 11) is 0. The highest BCUT2D eigenvalue weighted by molar-refractivity contribution is 7.16. The Hall–Kier alpha value is -3.29. The van der Waals surface area contributed by atoms with Gasteiger partial charge in [-0.3, -0.25) is 9.59 Å². The topological polar surface area (TPSA) is 63.5 Å². The molecular formula is C24H19ClFN3O2S. The van der Waals surface area contributed by atoms with E-state index in [1.165, 1.54) is 23.5 Å². The largest absolute Gasteiger partial charge is 0.350 e. The van der Waals surface area contributed by atoms with Gasteiger partial charge in [-0.1, -0.05) is 59.3 Å². The first kappa shape index (κ1) is 21.9. The van der Waals surface area contributed by atoms with E-state index in [0.717, 1.165) is 15.8 Å². The van der Waals surface area contributed by atoms with Crippen LogP contribution in [-0.2, 0) is 11.3 Å². The molecule has 0 aliphatic heterocycles. The third-order valence-corrected chi connectivity index (χ3v) is 6.35. The zero-order valence-corrected chi connectivity index (χ0v) is 18.7. The highest BCUT2D eigenvalue weighted by atomic mass is 35.5. The van der Waals surface area contributed by atoms with Crippen LogP contribution in [0.15, 0.2) is 77.8 Å². The van der Waals surface area contributed by atoms with E-state index < -0.39 is 11.9 Å². The van der Waals surface area contributed by atoms with Crippen molar-refractivity contribution in [2.24, 2.45) is 4.99 Å². The summed E-state index contributed by atoms with van der Waals surface area (Å²) < 4.78 is 15.8. The lowest BCUT2D eigenvalue weighted by atomic mass is 10.2. The van der Waals surface area contributed by atoms with Gasteiger partial charge in [-0.05, 0) is 48.9 Å². The number of halogens is 2. The third-order valence-electron chi connectivity index (χ3n) is 4.98. The number of benzene rings is 3. The maximum absolute atomic E-state index is 13.1. The van der Waals surface area contributed by atoms with Gasteiger partial charge in [0.2, 0.25) is 5.91 Å². The first-order valence-corrected chi connectivity index (χ1v) is 11.1. The fourth-order valence-corrected chi connectivity index (χ4v) is 4.60. The van der Waals surface area contributed by atoms with E-state index in [1.807, 2.05) is 24.3 Å². The highest BCUT2D eigenvalue weighted by Gasteiger charge is 2.20. The molecule has 4 rings (SSSR count). The Balaban J connectivity index is 1.68. The molecule has 5 nitrogen and oxygen atoms in total. The molecule has 0 aliphatic rings. The predicted octanol–water partition coefficient (Wildman–Crippen LogP) is 5.11. The molecule has 0 radical (unpaired) electrons. The van der Waals surface area contributed by atoms with Crippen molar-refractivity contribution >= 4 is 45.0 Å². The van der Waals surface area contributed by atoms with Crippen molar-refractivity contribution in [3.63, 3.8) is 0 Å². The number of rotatable bonds is 5. The number of nitrogens with zero attached hydrogens (tertiary/aromatic N) is 2. The second kappa shape index (κ2) is 9.46. The molecule has 0 bridgehead atoms. The molecule has 1 unspecified atom stereocenters. The van der Waals surface area contributed by atoms with Crippen LogP contribution in [0.25, 0.3) is 10.2 Å². The second-order valence-corrected chi connectivity index (χ2v) is 8.56. The standard InChI is InChI=1S/C24H19ClFN3O2S/c1-15(22(30)27-14-16-10-12-17(26)13-11-16)29-20-8-4-5-9-21(20)32-24(29)28-23(31)18-6-2-3-7-19(18)25/h2-13,15H,14H2,1H3,(H,27,30). The Morgan fingerprint density at radius 1 is 1.06 bits per heavy atom. The molecule has 0 spiro atoms. The molecule has 0 saturated carbocycles. The summed E-state index contributed by atoms with van der Waals surface area (Å²) in [5, 5.41) is 3.19. The van der Waals surface area contributed by atoms with Gasteiger partial charge >= 0.3 is 0 Å². The van der Waals surface area contributed by atoms with Gasteiger partial charge in [-0.25, -0.2) is 4.39 Å². The van der Waals surface area contributed by atoms with Crippen molar-refractivity contribution in [2.75, 3.05) is 0 Å². The van der Waals surface area contributed by atoms with E-state index in [9.17, 15) is 14.0 Å². The number of carbonyl (C=O) groups excluding carboxylic acids is 2. The summed E-state index contributed by atoms with van der Waals surface area (Å²) in [6.45, 7) is 2.01. The number of thiazole rings is 1. The molecule has 1 aromatic heterocycles. The van der Waals surface area contributed by atoms with Crippen LogP contribution in [-0.4, -0.2) is 16.4 Å². The van der Waals surface area contributed by atoms with Crippen LogP contribution < -0.4 is 10.1 Å². The van der Waals surface area contributed by atoms with Crippen LogP contribution in [0.2, 0.25) is 5.02 Å². The van der Waals surface area contributed by atoms with Crippen LogP contribution in [0.4, 0.5) is 4.39 Å². The summed E-state index contributed by atoms with van der Waals surface area (Å²) in [5.41, 5.74) is 1.88. The van der Waals surface area contributed by atoms with Crippen molar-refractivity contribution in [1.82, 2.24) is 9.88 Å². The maximum atomic E-state index is 13.1. The summed E-state index contributed by atoms with van der Waals surface area (Å²) in [6.07, 6.45) is 0. The van der Waals surface area contributed by atoms with E-state index in [0.29, 0.717) is 15.4 Å². The summed E-state index contributed by atoms with van der Waals surface area (Å²) in [4.78, 5) is 30.4. The van der Waals surface area contributed by atoms with Gasteiger partial charge in [0.05, 0.1) is 20.8 Å². The minimum Gasteiger partial charge on any atom is -0.350 e. The lowest BCUT2D eigenvalue weighted by Crippen LogP contribution is -2.34. The number of carbonyl (C=O) groups is 2. The molecule has 3 aromatic carbocycles. The number of hydrogen-bond donors (Lipinski definition) is 1. The fraction of sp³-hybridized carbons (Fsp3) is 0.125. The average Bonchev–Trinajstić information content (AvgIpc) is 3.15. The predicted molar refractivity (Wildman–Crippen MR) is 124 cm³/mol.